The third kappa shape index (κ3) is 7.39. The van der Waals surface area contributed by atoms with E-state index in [2.05, 4.69) is 26.6 Å². The van der Waals surface area contributed by atoms with Gasteiger partial charge >= 0.3 is 0 Å². The normalized spacial score (nSPS) is 12.1. The van der Waals surface area contributed by atoms with Crippen molar-refractivity contribution in [2.75, 3.05) is 16.0 Å². The van der Waals surface area contributed by atoms with E-state index in [1.165, 1.54) is 11.8 Å². The number of anilines is 3. The lowest BCUT2D eigenvalue weighted by Crippen LogP contribution is -2.30. The molecule has 0 atom stereocenters. The van der Waals surface area contributed by atoms with Crippen LogP contribution in [0, 0.1) is 0 Å². The van der Waals surface area contributed by atoms with Crippen LogP contribution in [0.5, 0.6) is 0 Å². The third-order valence-corrected chi connectivity index (χ3v) is 9.46. The van der Waals surface area contributed by atoms with Gasteiger partial charge in [-0.2, -0.15) is 0 Å². The minimum absolute atomic E-state index is 0.0194. The monoisotopic (exact) mass is 691 g/mol. The molecule has 1 aliphatic heterocycles. The van der Waals surface area contributed by atoms with Gasteiger partial charge in [0.05, 0.1) is 17.1 Å². The number of benzene rings is 5. The van der Waals surface area contributed by atoms with E-state index in [0.717, 1.165) is 36.1 Å². The van der Waals surface area contributed by atoms with Crippen LogP contribution in [0.4, 0.5) is 17.1 Å². The first-order valence-electron chi connectivity index (χ1n) is 14.0. The first-order valence-corrected chi connectivity index (χ1v) is 16.6. The number of thioether (sulfide) groups is 1. The number of hydrogen-bond acceptors (Lipinski definition) is 5. The Kier molecular flexibility index (Phi) is 9.49. The largest absolute Gasteiger partial charge is 0.321 e. The first-order chi connectivity index (χ1) is 21.9. The number of hydrogen-bond donors (Lipinski definition) is 2. The molecular weight excluding hydrogens is 666 g/mol. The number of para-hydroxylation sites is 2. The fourth-order valence-electron chi connectivity index (χ4n) is 4.72. The van der Waals surface area contributed by atoms with Gasteiger partial charge in [-0.05, 0) is 84.4 Å². The van der Waals surface area contributed by atoms with Crippen molar-refractivity contribution in [2.24, 2.45) is 0 Å². The van der Waals surface area contributed by atoms with E-state index in [4.69, 9.17) is 0 Å². The lowest BCUT2D eigenvalue weighted by Gasteiger charge is -2.31. The Morgan fingerprint density at radius 2 is 1.40 bits per heavy atom. The van der Waals surface area contributed by atoms with Crippen molar-refractivity contribution in [1.82, 2.24) is 5.32 Å². The highest BCUT2D eigenvalue weighted by atomic mass is 79.9. The summed E-state index contributed by atoms with van der Waals surface area (Å²) < 4.78 is 0.851. The van der Waals surface area contributed by atoms with Crippen molar-refractivity contribution in [1.29, 1.82) is 0 Å². The Labute approximate surface area is 278 Å². The number of nitrogens with zero attached hydrogens (tertiary/aromatic N) is 1. The summed E-state index contributed by atoms with van der Waals surface area (Å²) in [6, 6.07) is 39.3. The van der Waals surface area contributed by atoms with Gasteiger partial charge in [-0.15, -0.1) is 11.8 Å². The predicted molar refractivity (Wildman–Crippen MR) is 186 cm³/mol. The summed E-state index contributed by atoms with van der Waals surface area (Å²) in [7, 11) is 0. The van der Waals surface area contributed by atoms with E-state index >= 15 is 0 Å². The van der Waals surface area contributed by atoms with Crippen LogP contribution in [0.3, 0.4) is 0 Å². The highest BCUT2D eigenvalue weighted by molar-refractivity contribution is 9.10. The van der Waals surface area contributed by atoms with Crippen LogP contribution in [0.2, 0.25) is 0 Å². The Balaban J connectivity index is 1.14. The minimum Gasteiger partial charge on any atom is -0.321 e. The molecule has 5 aromatic carbocycles. The lowest BCUT2D eigenvalue weighted by atomic mass is 10.1. The number of nitrogens with one attached hydrogen (secondary N) is 2. The molecule has 0 unspecified atom stereocenters. The molecule has 6 nitrogen and oxygen atoms in total. The van der Waals surface area contributed by atoms with Crippen LogP contribution < -0.4 is 15.5 Å². The molecule has 0 aromatic heterocycles. The standard InChI is InChI=1S/C36H26BrN3O3S2/c37-26-12-8-9-24(21-26)22-29(39-35(42)25-10-2-1-3-11-25)36(43)38-27-17-19-28(20-18-27)44-23-34(41)40-30-13-4-6-15-32(30)45-33-16-7-5-14-31(33)40/h1-22H,23H2,(H,38,43)(H,39,42)/b29-22-. The Bertz CT molecular complexity index is 1870. The zero-order valence-electron chi connectivity index (χ0n) is 23.8. The van der Waals surface area contributed by atoms with E-state index in [1.54, 1.807) is 59.1 Å². The first kappa shape index (κ1) is 30.5. The summed E-state index contributed by atoms with van der Waals surface area (Å²) in [5.74, 6) is -0.630. The molecule has 45 heavy (non-hydrogen) atoms. The zero-order chi connectivity index (χ0) is 31.2. The molecule has 2 N–H and O–H groups in total. The lowest BCUT2D eigenvalue weighted by molar-refractivity contribution is -0.115. The summed E-state index contributed by atoms with van der Waals surface area (Å²) in [6.45, 7) is 0. The number of carbonyl (C=O) groups is 3. The molecule has 5 aromatic rings. The van der Waals surface area contributed by atoms with E-state index in [0.29, 0.717) is 11.3 Å². The molecule has 0 bridgehead atoms. The van der Waals surface area contributed by atoms with E-state index < -0.39 is 5.91 Å². The number of amides is 3. The minimum atomic E-state index is -0.463. The van der Waals surface area contributed by atoms with Crippen LogP contribution in [0.1, 0.15) is 15.9 Å². The third-order valence-electron chi connectivity index (χ3n) is 6.84. The maximum Gasteiger partial charge on any atom is 0.272 e. The quantitative estimate of drug-likeness (QED) is 0.126. The second-order valence-corrected chi connectivity index (χ2v) is 13.0. The van der Waals surface area contributed by atoms with Gasteiger partial charge in [0.25, 0.3) is 11.8 Å². The van der Waals surface area contributed by atoms with Gasteiger partial charge in [0, 0.05) is 30.4 Å². The molecule has 0 spiro atoms. The smallest absolute Gasteiger partial charge is 0.272 e. The number of halogens is 1. The van der Waals surface area contributed by atoms with Gasteiger partial charge in [0.1, 0.15) is 5.70 Å². The highest BCUT2D eigenvalue weighted by Gasteiger charge is 2.27. The Morgan fingerprint density at radius 1 is 0.756 bits per heavy atom. The zero-order valence-corrected chi connectivity index (χ0v) is 27.0. The van der Waals surface area contributed by atoms with Crippen molar-refractivity contribution in [3.05, 3.63) is 149 Å². The summed E-state index contributed by atoms with van der Waals surface area (Å²) >= 11 is 6.55. The molecule has 9 heteroatoms. The SMILES string of the molecule is O=C(Nc1ccc(SCC(=O)N2c3ccccc3Sc3ccccc32)cc1)/C(=C/c1cccc(Br)c1)NC(=O)c1ccccc1. The van der Waals surface area contributed by atoms with Crippen LogP contribution in [0.25, 0.3) is 6.08 Å². The molecule has 222 valence electrons. The average Bonchev–Trinajstić information content (AvgIpc) is 3.06. The second-order valence-electron chi connectivity index (χ2n) is 9.97. The molecule has 0 fully saturated rings. The molecule has 1 heterocycles. The van der Waals surface area contributed by atoms with Crippen LogP contribution in [-0.4, -0.2) is 23.5 Å². The van der Waals surface area contributed by atoms with Crippen LogP contribution in [0.15, 0.2) is 152 Å². The molecule has 3 amide bonds. The molecule has 0 radical (unpaired) electrons. The van der Waals surface area contributed by atoms with Gasteiger partial charge in [-0.3, -0.25) is 19.3 Å². The highest BCUT2D eigenvalue weighted by Crippen LogP contribution is 2.48. The van der Waals surface area contributed by atoms with E-state index in [9.17, 15) is 14.4 Å². The number of rotatable bonds is 8. The summed E-state index contributed by atoms with van der Waals surface area (Å²) in [6.07, 6.45) is 1.63. The van der Waals surface area contributed by atoms with Crippen molar-refractivity contribution in [2.45, 2.75) is 14.7 Å². The molecule has 0 saturated carbocycles. The summed E-state index contributed by atoms with van der Waals surface area (Å²) in [4.78, 5) is 44.6. The van der Waals surface area contributed by atoms with Gasteiger partial charge in [0.2, 0.25) is 5.91 Å². The van der Waals surface area contributed by atoms with Crippen LogP contribution >= 0.6 is 39.5 Å². The molecule has 0 saturated heterocycles. The van der Waals surface area contributed by atoms with Crippen molar-refractivity contribution >= 4 is 80.3 Å². The fourth-order valence-corrected chi connectivity index (χ4v) is 6.94. The number of fused-ring (bicyclic) bond motifs is 2. The van der Waals surface area contributed by atoms with Gasteiger partial charge in [-0.25, -0.2) is 0 Å². The maximum atomic E-state index is 13.5. The van der Waals surface area contributed by atoms with Gasteiger partial charge in [0.15, 0.2) is 0 Å². The number of carbonyl (C=O) groups excluding carboxylic acids is 3. The molecule has 1 aliphatic rings. The molecule has 0 aliphatic carbocycles. The summed E-state index contributed by atoms with van der Waals surface area (Å²) in [5, 5.41) is 5.64. The second kappa shape index (κ2) is 14.0. The maximum absolute atomic E-state index is 13.5. The Morgan fingerprint density at radius 3 is 2.07 bits per heavy atom. The summed E-state index contributed by atoms with van der Waals surface area (Å²) in [5.41, 5.74) is 3.62. The topological polar surface area (TPSA) is 78.5 Å². The van der Waals surface area contributed by atoms with Gasteiger partial charge in [-0.1, -0.05) is 82.3 Å². The molecule has 6 rings (SSSR count). The van der Waals surface area contributed by atoms with Crippen molar-refractivity contribution < 1.29 is 14.4 Å². The Hall–Kier alpha value is -4.57. The predicted octanol–water partition coefficient (Wildman–Crippen LogP) is 8.78. The molecular formula is C36H26BrN3O3S2. The van der Waals surface area contributed by atoms with E-state index in [1.807, 2.05) is 91.0 Å². The van der Waals surface area contributed by atoms with Gasteiger partial charge < -0.3 is 10.6 Å². The average molecular weight is 693 g/mol. The van der Waals surface area contributed by atoms with Crippen molar-refractivity contribution in [3.63, 3.8) is 0 Å². The fraction of sp³-hybridized carbons (Fsp3) is 0.0278. The van der Waals surface area contributed by atoms with Crippen LogP contribution in [-0.2, 0) is 9.59 Å². The van der Waals surface area contributed by atoms with E-state index in [-0.39, 0.29) is 23.3 Å². The van der Waals surface area contributed by atoms with Crippen molar-refractivity contribution in [3.8, 4) is 0 Å².